The maximum Gasteiger partial charge on any atom is 0.269 e. The van der Waals surface area contributed by atoms with Crippen LogP contribution in [0.4, 0.5) is 4.39 Å². The van der Waals surface area contributed by atoms with E-state index < -0.39 is 17.6 Å². The Hall–Kier alpha value is -4.40. The summed E-state index contributed by atoms with van der Waals surface area (Å²) in [5.74, 6) is -1.12. The summed E-state index contributed by atoms with van der Waals surface area (Å²) in [7, 11) is 0. The van der Waals surface area contributed by atoms with Gasteiger partial charge in [-0.1, -0.05) is 48.5 Å². The normalized spacial score (nSPS) is 10.5. The molecule has 0 saturated heterocycles. The van der Waals surface area contributed by atoms with Gasteiger partial charge in [0.2, 0.25) is 5.82 Å². The van der Waals surface area contributed by atoms with Crippen LogP contribution in [-0.2, 0) is 6.54 Å². The molecule has 9 heteroatoms. The lowest BCUT2D eigenvalue weighted by Gasteiger charge is -2.08. The van der Waals surface area contributed by atoms with Crippen molar-refractivity contribution < 1.29 is 14.0 Å². The second-order valence-corrected chi connectivity index (χ2v) is 6.62. The molecule has 4 rings (SSSR count). The fourth-order valence-electron chi connectivity index (χ4n) is 2.83. The summed E-state index contributed by atoms with van der Waals surface area (Å²) in [6.07, 6.45) is 0. The van der Waals surface area contributed by atoms with Crippen molar-refractivity contribution in [2.24, 2.45) is 0 Å². The Labute approximate surface area is 176 Å². The first-order valence-electron chi connectivity index (χ1n) is 9.37. The molecular weight excluding hydrogens is 399 g/mol. The predicted molar refractivity (Wildman–Crippen MR) is 110 cm³/mol. The van der Waals surface area contributed by atoms with Gasteiger partial charge in [-0.15, -0.1) is 10.2 Å². The van der Waals surface area contributed by atoms with Crippen LogP contribution in [0.25, 0.3) is 11.4 Å². The molecule has 2 amide bonds. The van der Waals surface area contributed by atoms with E-state index in [-0.39, 0.29) is 5.56 Å². The number of halogens is 1. The number of benzene rings is 3. The number of rotatable bonds is 5. The van der Waals surface area contributed by atoms with Crippen LogP contribution in [0.3, 0.4) is 0 Å². The second-order valence-electron chi connectivity index (χ2n) is 6.62. The van der Waals surface area contributed by atoms with Crippen LogP contribution in [0.5, 0.6) is 0 Å². The van der Waals surface area contributed by atoms with Gasteiger partial charge in [-0.25, -0.2) is 4.39 Å². The van der Waals surface area contributed by atoms with Crippen molar-refractivity contribution in [3.8, 4) is 11.4 Å². The summed E-state index contributed by atoms with van der Waals surface area (Å²) in [6.45, 7) is 0.387. The number of amides is 2. The zero-order valence-electron chi connectivity index (χ0n) is 16.2. The molecule has 8 nitrogen and oxygen atoms in total. The molecule has 31 heavy (non-hydrogen) atoms. The average molecular weight is 416 g/mol. The minimum Gasteiger partial charge on any atom is -0.267 e. The molecule has 1 aromatic heterocycles. The maximum absolute atomic E-state index is 13.2. The Morgan fingerprint density at radius 1 is 0.839 bits per heavy atom. The Morgan fingerprint density at radius 2 is 1.55 bits per heavy atom. The molecule has 0 unspecified atom stereocenters. The summed E-state index contributed by atoms with van der Waals surface area (Å²) < 4.78 is 13.2. The van der Waals surface area contributed by atoms with E-state index in [0.717, 1.165) is 17.2 Å². The van der Waals surface area contributed by atoms with Gasteiger partial charge in [0, 0.05) is 16.7 Å². The number of hydrazine groups is 1. The van der Waals surface area contributed by atoms with E-state index in [2.05, 4.69) is 26.3 Å². The molecule has 154 valence electrons. The molecule has 0 aliphatic carbocycles. The van der Waals surface area contributed by atoms with Crippen LogP contribution in [-0.4, -0.2) is 32.0 Å². The highest BCUT2D eigenvalue weighted by Gasteiger charge is 2.10. The van der Waals surface area contributed by atoms with Gasteiger partial charge in [0.25, 0.3) is 11.8 Å². The molecule has 0 spiro atoms. The molecule has 3 aromatic carbocycles. The summed E-state index contributed by atoms with van der Waals surface area (Å²) in [4.78, 5) is 25.7. The SMILES string of the molecule is O=C(NNC(=O)c1cccc(F)c1)c1ccc(Cn2nnc(-c3ccccc3)n2)cc1. The van der Waals surface area contributed by atoms with Crippen molar-refractivity contribution in [3.05, 3.63) is 101 Å². The Morgan fingerprint density at radius 3 is 2.26 bits per heavy atom. The first-order valence-corrected chi connectivity index (χ1v) is 9.37. The largest absolute Gasteiger partial charge is 0.269 e. The first-order chi connectivity index (χ1) is 15.1. The lowest BCUT2D eigenvalue weighted by Crippen LogP contribution is -2.41. The highest BCUT2D eigenvalue weighted by atomic mass is 19.1. The number of carbonyl (C=O) groups excluding carboxylic acids is 2. The number of nitrogens with one attached hydrogen (secondary N) is 2. The van der Waals surface area contributed by atoms with Crippen molar-refractivity contribution in [2.75, 3.05) is 0 Å². The fourth-order valence-corrected chi connectivity index (χ4v) is 2.83. The number of aromatic nitrogens is 4. The molecule has 0 aliphatic heterocycles. The van der Waals surface area contributed by atoms with Crippen molar-refractivity contribution in [1.82, 2.24) is 31.1 Å². The van der Waals surface area contributed by atoms with Crippen LogP contribution < -0.4 is 10.9 Å². The molecule has 0 radical (unpaired) electrons. The number of carbonyl (C=O) groups is 2. The fraction of sp³-hybridized carbons (Fsp3) is 0.0455. The Kier molecular flexibility index (Phi) is 5.75. The van der Waals surface area contributed by atoms with E-state index >= 15 is 0 Å². The first kappa shape index (κ1) is 19.9. The molecule has 0 saturated carbocycles. The zero-order valence-corrected chi connectivity index (χ0v) is 16.2. The van der Waals surface area contributed by atoms with E-state index in [1.807, 2.05) is 30.3 Å². The molecule has 0 atom stereocenters. The molecule has 4 aromatic rings. The van der Waals surface area contributed by atoms with Gasteiger partial charge in [-0.05, 0) is 41.1 Å². The third-order valence-corrected chi connectivity index (χ3v) is 4.40. The summed E-state index contributed by atoms with van der Waals surface area (Å²) in [5.41, 5.74) is 6.76. The average Bonchev–Trinajstić information content (AvgIpc) is 3.27. The number of tetrazole rings is 1. The minimum atomic E-state index is -0.615. The summed E-state index contributed by atoms with van der Waals surface area (Å²) >= 11 is 0. The second kappa shape index (κ2) is 8.95. The van der Waals surface area contributed by atoms with Crippen molar-refractivity contribution in [1.29, 1.82) is 0 Å². The van der Waals surface area contributed by atoms with Crippen LogP contribution >= 0.6 is 0 Å². The van der Waals surface area contributed by atoms with Crippen LogP contribution in [0.15, 0.2) is 78.9 Å². The van der Waals surface area contributed by atoms with E-state index in [9.17, 15) is 14.0 Å². The smallest absolute Gasteiger partial charge is 0.267 e. The van der Waals surface area contributed by atoms with Gasteiger partial charge in [-0.2, -0.15) is 4.80 Å². The van der Waals surface area contributed by atoms with E-state index in [0.29, 0.717) is 17.9 Å². The zero-order chi connectivity index (χ0) is 21.6. The summed E-state index contributed by atoms with van der Waals surface area (Å²) in [5, 5.41) is 12.5. The van der Waals surface area contributed by atoms with Crippen LogP contribution in [0, 0.1) is 5.82 Å². The standard InChI is InChI=1S/C22H17FN6O2/c23-19-8-4-7-18(13-19)22(31)26-25-21(30)17-11-9-15(10-12-17)14-29-27-20(24-28-29)16-5-2-1-3-6-16/h1-13H,14H2,(H,25,30)(H,26,31). The molecule has 0 aliphatic rings. The van der Waals surface area contributed by atoms with Gasteiger partial charge in [0.05, 0.1) is 6.54 Å². The highest BCUT2D eigenvalue weighted by Crippen LogP contribution is 2.12. The van der Waals surface area contributed by atoms with Crippen LogP contribution in [0.1, 0.15) is 26.3 Å². The third kappa shape index (κ3) is 4.96. The third-order valence-electron chi connectivity index (χ3n) is 4.40. The van der Waals surface area contributed by atoms with E-state index in [4.69, 9.17) is 0 Å². The molecule has 2 N–H and O–H groups in total. The number of hydrogen-bond donors (Lipinski definition) is 2. The summed E-state index contributed by atoms with van der Waals surface area (Å²) in [6, 6.07) is 21.5. The molecule has 0 bridgehead atoms. The minimum absolute atomic E-state index is 0.103. The molecule has 1 heterocycles. The van der Waals surface area contributed by atoms with Crippen LogP contribution in [0.2, 0.25) is 0 Å². The topological polar surface area (TPSA) is 102 Å². The van der Waals surface area contributed by atoms with Crippen molar-refractivity contribution in [3.63, 3.8) is 0 Å². The maximum atomic E-state index is 13.2. The van der Waals surface area contributed by atoms with Crippen molar-refractivity contribution >= 4 is 11.8 Å². The lowest BCUT2D eigenvalue weighted by atomic mass is 10.1. The monoisotopic (exact) mass is 416 g/mol. The van der Waals surface area contributed by atoms with Gasteiger partial charge in [0.15, 0.2) is 0 Å². The highest BCUT2D eigenvalue weighted by molar-refractivity contribution is 5.99. The van der Waals surface area contributed by atoms with Gasteiger partial charge < -0.3 is 0 Å². The quantitative estimate of drug-likeness (QED) is 0.487. The number of nitrogens with zero attached hydrogens (tertiary/aromatic N) is 4. The molecular formula is C22H17FN6O2. The van der Waals surface area contributed by atoms with Gasteiger partial charge in [0.1, 0.15) is 5.82 Å². The van der Waals surface area contributed by atoms with E-state index in [1.54, 1.807) is 24.3 Å². The van der Waals surface area contributed by atoms with E-state index in [1.165, 1.54) is 23.0 Å². The molecule has 0 fully saturated rings. The lowest BCUT2D eigenvalue weighted by molar-refractivity contribution is 0.0846. The van der Waals surface area contributed by atoms with Gasteiger partial charge >= 0.3 is 0 Å². The predicted octanol–water partition coefficient (Wildman–Crippen LogP) is 2.60. The van der Waals surface area contributed by atoms with Gasteiger partial charge in [-0.3, -0.25) is 20.4 Å². The van der Waals surface area contributed by atoms with Crippen molar-refractivity contribution in [2.45, 2.75) is 6.54 Å². The Bertz CT molecular complexity index is 1210. The number of hydrogen-bond acceptors (Lipinski definition) is 5. The Balaban J connectivity index is 1.34.